The first-order valence-corrected chi connectivity index (χ1v) is 10.0. The van der Waals surface area contributed by atoms with Gasteiger partial charge < -0.3 is 14.6 Å². The molecule has 1 aromatic carbocycles. The van der Waals surface area contributed by atoms with E-state index in [1.54, 1.807) is 6.26 Å². The van der Waals surface area contributed by atoms with Gasteiger partial charge in [-0.05, 0) is 74.0 Å². The Hall–Kier alpha value is -2.30. The van der Waals surface area contributed by atoms with E-state index in [0.29, 0.717) is 17.2 Å². The minimum atomic E-state index is 0.0170. The number of amides is 2. The second-order valence-electron chi connectivity index (χ2n) is 9.02. The molecule has 27 heavy (non-hydrogen) atoms. The Morgan fingerprint density at radius 2 is 2.19 bits per heavy atom. The highest BCUT2D eigenvalue weighted by Crippen LogP contribution is 2.62. The maximum Gasteiger partial charge on any atom is 0.321 e. The van der Waals surface area contributed by atoms with E-state index in [1.807, 2.05) is 36.9 Å². The summed E-state index contributed by atoms with van der Waals surface area (Å²) in [6, 6.07) is 5.93. The molecule has 2 aliphatic carbocycles. The first-order chi connectivity index (χ1) is 12.9. The number of urea groups is 1. The number of oxazole rings is 1. The number of carbonyl (C=O) groups is 1. The van der Waals surface area contributed by atoms with Gasteiger partial charge in [-0.15, -0.1) is 0 Å². The van der Waals surface area contributed by atoms with Gasteiger partial charge in [-0.1, -0.05) is 13.0 Å². The van der Waals surface area contributed by atoms with Crippen LogP contribution < -0.4 is 5.32 Å². The van der Waals surface area contributed by atoms with E-state index >= 15 is 0 Å². The summed E-state index contributed by atoms with van der Waals surface area (Å²) in [5, 5.41) is 3.10. The maximum absolute atomic E-state index is 12.9. The topological polar surface area (TPSA) is 58.4 Å². The summed E-state index contributed by atoms with van der Waals surface area (Å²) in [6.45, 7) is 8.14. The lowest BCUT2D eigenvalue weighted by atomic mass is 9.70. The fraction of sp³-hybridized carbons (Fsp3) is 0.545. The fourth-order valence-electron chi connectivity index (χ4n) is 5.90. The standard InChI is InChI=1S/C22H27N3O2/c1-13-4-7-17(9-18(13)20-23-14(2)11-27-20)24-21(26)25-10-19-15-5-6-16(8-15)22(19,3)12-25/h4,7,9,11,15-16,19H,5-6,8,10,12H2,1-3H3,(H,24,26)/t15-,16+,19?,22-/m1/s1. The number of fused-ring (bicyclic) bond motifs is 5. The van der Waals surface area contributed by atoms with E-state index in [9.17, 15) is 4.79 Å². The van der Waals surface area contributed by atoms with Gasteiger partial charge in [0.15, 0.2) is 0 Å². The third-order valence-corrected chi connectivity index (χ3v) is 7.40. The molecule has 3 aliphatic rings. The summed E-state index contributed by atoms with van der Waals surface area (Å²) < 4.78 is 5.55. The van der Waals surface area contributed by atoms with E-state index in [-0.39, 0.29) is 6.03 Å². The number of aromatic nitrogens is 1. The lowest BCUT2D eigenvalue weighted by Gasteiger charge is -2.34. The van der Waals surface area contributed by atoms with Crippen molar-refractivity contribution in [1.82, 2.24) is 9.88 Å². The van der Waals surface area contributed by atoms with Crippen molar-refractivity contribution in [3.8, 4) is 11.5 Å². The molecule has 2 heterocycles. The number of hydrogen-bond donors (Lipinski definition) is 1. The van der Waals surface area contributed by atoms with Gasteiger partial charge in [-0.25, -0.2) is 9.78 Å². The van der Waals surface area contributed by atoms with E-state index in [1.165, 1.54) is 19.3 Å². The highest BCUT2D eigenvalue weighted by molar-refractivity contribution is 5.90. The zero-order valence-electron chi connectivity index (χ0n) is 16.3. The van der Waals surface area contributed by atoms with Crippen LogP contribution in [-0.4, -0.2) is 29.0 Å². The Kier molecular flexibility index (Phi) is 3.65. The molecule has 2 saturated carbocycles. The fourth-order valence-corrected chi connectivity index (χ4v) is 5.90. The zero-order chi connectivity index (χ0) is 18.8. The van der Waals surface area contributed by atoms with Gasteiger partial charge in [0.25, 0.3) is 0 Å². The Morgan fingerprint density at radius 1 is 1.33 bits per heavy atom. The number of rotatable bonds is 2. The molecule has 1 unspecified atom stereocenters. The van der Waals surface area contributed by atoms with Gasteiger partial charge in [-0.2, -0.15) is 0 Å². The number of nitrogens with zero attached hydrogens (tertiary/aromatic N) is 2. The van der Waals surface area contributed by atoms with Crippen LogP contribution in [0.5, 0.6) is 0 Å². The summed E-state index contributed by atoms with van der Waals surface area (Å²) in [5.74, 6) is 2.92. The van der Waals surface area contributed by atoms with Crippen LogP contribution in [0, 0.1) is 37.0 Å². The Labute approximate surface area is 160 Å². The molecular formula is C22H27N3O2. The van der Waals surface area contributed by atoms with E-state index in [0.717, 1.165) is 47.4 Å². The summed E-state index contributed by atoms with van der Waals surface area (Å²) in [6.07, 6.45) is 5.74. The lowest BCUT2D eigenvalue weighted by molar-refractivity contribution is 0.152. The molecule has 0 spiro atoms. The van der Waals surface area contributed by atoms with Gasteiger partial charge in [-0.3, -0.25) is 0 Å². The molecule has 5 rings (SSSR count). The summed E-state index contributed by atoms with van der Waals surface area (Å²) in [7, 11) is 0. The predicted octanol–water partition coefficient (Wildman–Crippen LogP) is 4.86. The van der Waals surface area contributed by atoms with Crippen molar-refractivity contribution < 1.29 is 9.21 Å². The van der Waals surface area contributed by atoms with Crippen LogP contribution in [0.15, 0.2) is 28.9 Å². The molecule has 2 amide bonds. The highest BCUT2D eigenvalue weighted by Gasteiger charge is 2.59. The molecule has 5 nitrogen and oxygen atoms in total. The maximum atomic E-state index is 12.9. The smallest absolute Gasteiger partial charge is 0.321 e. The number of likely N-dealkylation sites (tertiary alicyclic amines) is 1. The number of anilines is 1. The number of hydrogen-bond acceptors (Lipinski definition) is 3. The molecule has 2 bridgehead atoms. The number of benzene rings is 1. The largest absolute Gasteiger partial charge is 0.444 e. The summed E-state index contributed by atoms with van der Waals surface area (Å²) in [4.78, 5) is 19.4. The molecule has 5 heteroatoms. The van der Waals surface area contributed by atoms with Gasteiger partial charge in [0.1, 0.15) is 6.26 Å². The van der Waals surface area contributed by atoms with E-state index in [2.05, 4.69) is 17.2 Å². The van der Waals surface area contributed by atoms with Crippen molar-refractivity contribution >= 4 is 11.7 Å². The molecule has 1 N–H and O–H groups in total. The zero-order valence-corrected chi connectivity index (χ0v) is 16.3. The number of carbonyl (C=O) groups excluding carboxylic acids is 1. The SMILES string of the molecule is Cc1coc(-c2cc(NC(=O)N3CC4[C@@H]5CC[C@@H](C5)[C@@]4(C)C3)ccc2C)n1. The number of aryl methyl sites for hydroxylation is 2. The number of nitrogens with one attached hydrogen (secondary N) is 1. The van der Waals surface area contributed by atoms with Crippen molar-refractivity contribution in [2.75, 3.05) is 18.4 Å². The molecule has 1 aromatic heterocycles. The monoisotopic (exact) mass is 365 g/mol. The Bertz CT molecular complexity index is 905. The van der Waals surface area contributed by atoms with Crippen LogP contribution >= 0.6 is 0 Å². The molecule has 2 aromatic rings. The van der Waals surface area contributed by atoms with Crippen molar-refractivity contribution in [3.05, 3.63) is 35.7 Å². The summed E-state index contributed by atoms with van der Waals surface area (Å²) >= 11 is 0. The molecule has 1 saturated heterocycles. The minimum Gasteiger partial charge on any atom is -0.444 e. The van der Waals surface area contributed by atoms with Crippen molar-refractivity contribution in [2.24, 2.45) is 23.2 Å². The van der Waals surface area contributed by atoms with Crippen LogP contribution in [0.3, 0.4) is 0 Å². The minimum absolute atomic E-state index is 0.0170. The molecule has 142 valence electrons. The van der Waals surface area contributed by atoms with Crippen LogP contribution in [0.2, 0.25) is 0 Å². The third kappa shape index (κ3) is 2.59. The predicted molar refractivity (Wildman–Crippen MR) is 104 cm³/mol. The molecule has 4 atom stereocenters. The van der Waals surface area contributed by atoms with Gasteiger partial charge in [0.2, 0.25) is 5.89 Å². The molecule has 3 fully saturated rings. The normalized spacial score (nSPS) is 31.4. The Morgan fingerprint density at radius 3 is 2.93 bits per heavy atom. The van der Waals surface area contributed by atoms with Crippen LogP contribution in [0.4, 0.5) is 10.5 Å². The average Bonchev–Trinajstić information content (AvgIpc) is 3.37. The molecule has 0 radical (unpaired) electrons. The summed E-state index contributed by atoms with van der Waals surface area (Å²) in [5.41, 5.74) is 3.97. The van der Waals surface area contributed by atoms with Crippen molar-refractivity contribution in [2.45, 2.75) is 40.0 Å². The second-order valence-corrected chi connectivity index (χ2v) is 9.02. The quantitative estimate of drug-likeness (QED) is 0.827. The van der Waals surface area contributed by atoms with Gasteiger partial charge in [0, 0.05) is 24.3 Å². The molecule has 1 aliphatic heterocycles. The van der Waals surface area contributed by atoms with E-state index in [4.69, 9.17) is 4.42 Å². The highest BCUT2D eigenvalue weighted by atomic mass is 16.3. The first-order valence-electron chi connectivity index (χ1n) is 10.0. The van der Waals surface area contributed by atoms with Gasteiger partial charge in [0.05, 0.1) is 5.69 Å². The molecular weight excluding hydrogens is 338 g/mol. The Balaban J connectivity index is 1.33. The first kappa shape index (κ1) is 16.8. The van der Waals surface area contributed by atoms with Crippen LogP contribution in [0.25, 0.3) is 11.5 Å². The second kappa shape index (κ2) is 5.85. The van der Waals surface area contributed by atoms with Gasteiger partial charge >= 0.3 is 6.03 Å². The average molecular weight is 365 g/mol. The van der Waals surface area contributed by atoms with Crippen molar-refractivity contribution in [3.63, 3.8) is 0 Å². The van der Waals surface area contributed by atoms with Crippen molar-refractivity contribution in [1.29, 1.82) is 0 Å². The third-order valence-electron chi connectivity index (χ3n) is 7.40. The lowest BCUT2D eigenvalue weighted by Crippen LogP contribution is -2.36. The van der Waals surface area contributed by atoms with E-state index < -0.39 is 0 Å². The van der Waals surface area contributed by atoms with Crippen LogP contribution in [-0.2, 0) is 0 Å². The van der Waals surface area contributed by atoms with Crippen LogP contribution in [0.1, 0.15) is 37.4 Å².